The van der Waals surface area contributed by atoms with Gasteiger partial charge in [-0.2, -0.15) is 0 Å². The van der Waals surface area contributed by atoms with Gasteiger partial charge in [0.25, 0.3) is 10.0 Å². The van der Waals surface area contributed by atoms with Crippen LogP contribution < -0.4 is 14.4 Å². The van der Waals surface area contributed by atoms with Crippen LogP contribution in [-0.4, -0.2) is 56.9 Å². The van der Waals surface area contributed by atoms with Crippen molar-refractivity contribution in [2.75, 3.05) is 24.0 Å². The van der Waals surface area contributed by atoms with Crippen LogP contribution in [0.25, 0.3) is 0 Å². The molecule has 3 aromatic carbocycles. The molecule has 0 aromatic heterocycles. The molecule has 0 saturated carbocycles. The number of ether oxygens (including phenoxy) is 1. The van der Waals surface area contributed by atoms with E-state index in [0.717, 1.165) is 9.87 Å². The van der Waals surface area contributed by atoms with Gasteiger partial charge in [0.15, 0.2) is 0 Å². The van der Waals surface area contributed by atoms with Crippen molar-refractivity contribution in [3.05, 3.63) is 90.5 Å². The fraction of sp³-hybridized carbons (Fsp3) is 0.333. The largest absolute Gasteiger partial charge is 0.492 e. The van der Waals surface area contributed by atoms with Gasteiger partial charge in [-0.3, -0.25) is 13.9 Å². The maximum Gasteiger partial charge on any atom is 0.264 e. The molecule has 0 radical (unpaired) electrons. The zero-order valence-corrected chi connectivity index (χ0v) is 23.7. The minimum Gasteiger partial charge on any atom is -0.492 e. The molecule has 8 nitrogen and oxygen atoms in total. The Morgan fingerprint density at radius 3 is 2.08 bits per heavy atom. The number of amides is 2. The third-order valence-electron chi connectivity index (χ3n) is 6.13. The molecule has 1 N–H and O–H groups in total. The maximum absolute atomic E-state index is 13.9. The topological polar surface area (TPSA) is 96.0 Å². The predicted octanol–water partition coefficient (Wildman–Crippen LogP) is 4.27. The summed E-state index contributed by atoms with van der Waals surface area (Å²) in [6.07, 6.45) is 0.507. The number of hydrogen-bond donors (Lipinski definition) is 1. The summed E-state index contributed by atoms with van der Waals surface area (Å²) in [7, 11) is -4.15. The van der Waals surface area contributed by atoms with E-state index < -0.39 is 28.5 Å². The highest BCUT2D eigenvalue weighted by atomic mass is 32.2. The number of para-hydroxylation sites is 2. The first-order valence-corrected chi connectivity index (χ1v) is 14.5. The first-order valence-electron chi connectivity index (χ1n) is 13.1. The van der Waals surface area contributed by atoms with Crippen LogP contribution in [0.3, 0.4) is 0 Å². The number of nitrogens with zero attached hydrogens (tertiary/aromatic N) is 2. The van der Waals surface area contributed by atoms with Gasteiger partial charge in [0.1, 0.15) is 18.3 Å². The molecule has 0 spiro atoms. The second-order valence-electron chi connectivity index (χ2n) is 9.39. The summed E-state index contributed by atoms with van der Waals surface area (Å²) in [5.74, 6) is -0.463. The Hall–Kier alpha value is -3.85. The third kappa shape index (κ3) is 7.83. The van der Waals surface area contributed by atoms with Crippen LogP contribution in [0.15, 0.2) is 89.8 Å². The van der Waals surface area contributed by atoms with Gasteiger partial charge < -0.3 is 15.0 Å². The number of benzene rings is 3. The zero-order valence-electron chi connectivity index (χ0n) is 22.9. The van der Waals surface area contributed by atoms with Gasteiger partial charge in [-0.1, -0.05) is 60.7 Å². The van der Waals surface area contributed by atoms with Crippen LogP contribution in [0.5, 0.6) is 5.75 Å². The first kappa shape index (κ1) is 29.7. The van der Waals surface area contributed by atoms with Gasteiger partial charge in [0.2, 0.25) is 11.8 Å². The summed E-state index contributed by atoms with van der Waals surface area (Å²) in [5, 5.41) is 2.86. The number of carbonyl (C=O) groups excluding carboxylic acids is 2. The minimum absolute atomic E-state index is 0.0468. The molecule has 0 fully saturated rings. The molecular formula is C30H37N3O5S. The average molecular weight is 552 g/mol. The molecule has 1 atom stereocenters. The van der Waals surface area contributed by atoms with Crippen LogP contribution >= 0.6 is 0 Å². The number of nitrogens with one attached hydrogen (secondary N) is 1. The lowest BCUT2D eigenvalue weighted by atomic mass is 10.1. The maximum atomic E-state index is 13.9. The Kier molecular flexibility index (Phi) is 10.5. The van der Waals surface area contributed by atoms with Gasteiger partial charge in [-0.25, -0.2) is 8.42 Å². The molecule has 0 unspecified atom stereocenters. The molecule has 0 saturated heterocycles. The highest BCUT2D eigenvalue weighted by Gasteiger charge is 2.33. The lowest BCUT2D eigenvalue weighted by Crippen LogP contribution is -2.53. The predicted molar refractivity (Wildman–Crippen MR) is 153 cm³/mol. The monoisotopic (exact) mass is 551 g/mol. The van der Waals surface area contributed by atoms with E-state index in [0.29, 0.717) is 18.8 Å². The Balaban J connectivity index is 2.01. The molecule has 0 heterocycles. The van der Waals surface area contributed by atoms with E-state index in [4.69, 9.17) is 4.74 Å². The number of rotatable bonds is 13. The van der Waals surface area contributed by atoms with Crippen molar-refractivity contribution in [2.24, 2.45) is 0 Å². The summed E-state index contributed by atoms with van der Waals surface area (Å²) in [6, 6.07) is 23.4. The van der Waals surface area contributed by atoms with Crippen molar-refractivity contribution in [3.63, 3.8) is 0 Å². The van der Waals surface area contributed by atoms with Gasteiger partial charge in [-0.05, 0) is 63.9 Å². The van der Waals surface area contributed by atoms with Crippen LogP contribution in [0, 0.1) is 0 Å². The van der Waals surface area contributed by atoms with E-state index in [2.05, 4.69) is 5.32 Å². The van der Waals surface area contributed by atoms with Crippen LogP contribution in [-0.2, 0) is 26.0 Å². The lowest BCUT2D eigenvalue weighted by Gasteiger charge is -2.32. The molecule has 39 heavy (non-hydrogen) atoms. The summed E-state index contributed by atoms with van der Waals surface area (Å²) in [4.78, 5) is 28.4. The van der Waals surface area contributed by atoms with Gasteiger partial charge in [0.05, 0.1) is 17.2 Å². The Morgan fingerprint density at radius 2 is 1.46 bits per heavy atom. The fourth-order valence-corrected chi connectivity index (χ4v) is 5.59. The van der Waals surface area contributed by atoms with E-state index in [1.807, 2.05) is 44.2 Å². The molecule has 9 heteroatoms. The van der Waals surface area contributed by atoms with Crippen molar-refractivity contribution in [3.8, 4) is 5.75 Å². The second-order valence-corrected chi connectivity index (χ2v) is 11.2. The molecule has 2 amide bonds. The molecule has 3 rings (SSSR count). The average Bonchev–Trinajstić information content (AvgIpc) is 2.93. The number of sulfonamides is 1. The highest BCUT2D eigenvalue weighted by molar-refractivity contribution is 7.92. The third-order valence-corrected chi connectivity index (χ3v) is 7.90. The Morgan fingerprint density at radius 1 is 0.872 bits per heavy atom. The number of hydrogen-bond acceptors (Lipinski definition) is 5. The van der Waals surface area contributed by atoms with E-state index >= 15 is 0 Å². The van der Waals surface area contributed by atoms with Gasteiger partial charge >= 0.3 is 0 Å². The van der Waals surface area contributed by atoms with Crippen molar-refractivity contribution >= 4 is 27.5 Å². The Labute approximate surface area is 231 Å². The van der Waals surface area contributed by atoms with Crippen molar-refractivity contribution in [1.29, 1.82) is 0 Å². The molecule has 0 aliphatic heterocycles. The lowest BCUT2D eigenvalue weighted by molar-refractivity contribution is -0.139. The molecular weight excluding hydrogens is 514 g/mol. The smallest absolute Gasteiger partial charge is 0.264 e. The summed E-state index contributed by atoms with van der Waals surface area (Å²) < 4.78 is 34.6. The molecule has 0 bridgehead atoms. The van der Waals surface area contributed by atoms with Gasteiger partial charge in [-0.15, -0.1) is 0 Å². The van der Waals surface area contributed by atoms with Gasteiger partial charge in [0, 0.05) is 12.6 Å². The minimum atomic E-state index is -4.15. The van der Waals surface area contributed by atoms with E-state index in [1.54, 1.807) is 56.3 Å². The SMILES string of the molecule is CCOc1ccccc1N(CC(=O)N(CCc1ccccc1)[C@H](C)C(=O)NC(C)C)S(=O)(=O)c1ccccc1. The molecule has 3 aromatic rings. The first-order chi connectivity index (χ1) is 18.6. The van der Waals surface area contributed by atoms with Crippen LogP contribution in [0.1, 0.15) is 33.3 Å². The number of anilines is 1. The molecule has 208 valence electrons. The number of carbonyl (C=O) groups is 2. The van der Waals surface area contributed by atoms with Crippen LogP contribution in [0.2, 0.25) is 0 Å². The Bertz CT molecular complexity index is 1330. The van der Waals surface area contributed by atoms with Crippen molar-refractivity contribution < 1.29 is 22.7 Å². The fourth-order valence-electron chi connectivity index (χ4n) is 4.15. The van der Waals surface area contributed by atoms with E-state index in [9.17, 15) is 18.0 Å². The quantitative estimate of drug-likeness (QED) is 0.342. The molecule has 0 aliphatic carbocycles. The van der Waals surface area contributed by atoms with E-state index in [1.165, 1.54) is 17.0 Å². The van der Waals surface area contributed by atoms with E-state index in [-0.39, 0.29) is 29.1 Å². The summed E-state index contributed by atoms with van der Waals surface area (Å²) in [5.41, 5.74) is 1.25. The summed E-state index contributed by atoms with van der Waals surface area (Å²) >= 11 is 0. The molecule has 0 aliphatic rings. The van der Waals surface area contributed by atoms with Crippen LogP contribution in [0.4, 0.5) is 5.69 Å². The zero-order chi connectivity index (χ0) is 28.4. The normalized spacial score (nSPS) is 12.0. The standard InChI is InChI=1S/C30H37N3O5S/c1-5-38-28-19-13-12-18-27(28)33(39(36,37)26-16-10-7-11-17-26)22-29(34)32(24(4)30(35)31-23(2)3)21-20-25-14-8-6-9-15-25/h6-19,23-24H,5,20-22H2,1-4H3,(H,31,35)/t24-/m1/s1. The highest BCUT2D eigenvalue weighted by Crippen LogP contribution is 2.32. The second kappa shape index (κ2) is 13.8. The van der Waals surface area contributed by atoms with Crippen molar-refractivity contribution in [2.45, 2.75) is 51.1 Å². The van der Waals surface area contributed by atoms with Crippen molar-refractivity contribution in [1.82, 2.24) is 10.2 Å². The summed E-state index contributed by atoms with van der Waals surface area (Å²) in [6.45, 7) is 7.21.